The van der Waals surface area contributed by atoms with Crippen LogP contribution in [0, 0.1) is 0 Å². The van der Waals surface area contributed by atoms with Gasteiger partial charge in [0, 0.05) is 11.4 Å². The Balaban J connectivity index is 1.39. The number of carbonyl (C=O) groups is 1. The summed E-state index contributed by atoms with van der Waals surface area (Å²) in [4.78, 5) is 16.4. The summed E-state index contributed by atoms with van der Waals surface area (Å²) in [6.45, 7) is 2.76. The lowest BCUT2D eigenvalue weighted by Crippen LogP contribution is -2.42. The van der Waals surface area contributed by atoms with Crippen molar-refractivity contribution < 1.29 is 9.21 Å². The Hall–Kier alpha value is -1.72. The van der Waals surface area contributed by atoms with Crippen LogP contribution in [0.2, 0.25) is 0 Å². The van der Waals surface area contributed by atoms with E-state index >= 15 is 0 Å². The van der Waals surface area contributed by atoms with Gasteiger partial charge in [-0.15, -0.1) is 11.8 Å². The van der Waals surface area contributed by atoms with E-state index in [9.17, 15) is 4.79 Å². The molecule has 0 aliphatic carbocycles. The fourth-order valence-electron chi connectivity index (χ4n) is 3.76. The van der Waals surface area contributed by atoms with Gasteiger partial charge in [-0.05, 0) is 56.1 Å². The van der Waals surface area contributed by atoms with Gasteiger partial charge in [0.2, 0.25) is 5.91 Å². The molecule has 2 aliphatic rings. The van der Waals surface area contributed by atoms with E-state index in [0.29, 0.717) is 6.54 Å². The summed E-state index contributed by atoms with van der Waals surface area (Å²) in [5, 5.41) is 3.17. The van der Waals surface area contributed by atoms with Crippen LogP contribution in [0.3, 0.4) is 0 Å². The van der Waals surface area contributed by atoms with E-state index in [1.54, 1.807) is 18.0 Å². The molecule has 5 heteroatoms. The molecule has 3 heterocycles. The fraction of sp³-hybridized carbons (Fsp3) is 0.450. The molecule has 0 saturated carbocycles. The number of amides is 1. The minimum Gasteiger partial charge on any atom is -0.468 e. The average Bonchev–Trinajstić information content (AvgIpc) is 3.32. The molecule has 2 aromatic rings. The first kappa shape index (κ1) is 16.7. The number of fused-ring (bicyclic) bond motifs is 1. The fourth-order valence-corrected chi connectivity index (χ4v) is 4.98. The standard InChI is InChI=1S/C20H24N2O2S/c23-20(19-13-15-7-2-3-9-18(15)25-19)21-14-16(17-8-6-12-24-17)22-10-4-1-5-11-22/h2-3,6-9,12,16,19H,1,4-5,10-11,13-14H2,(H,21,23). The van der Waals surface area contributed by atoms with Gasteiger partial charge in [0.15, 0.2) is 0 Å². The molecule has 0 radical (unpaired) electrons. The maximum atomic E-state index is 12.7. The zero-order valence-electron chi connectivity index (χ0n) is 14.3. The van der Waals surface area contributed by atoms with E-state index < -0.39 is 0 Å². The van der Waals surface area contributed by atoms with Gasteiger partial charge >= 0.3 is 0 Å². The third kappa shape index (κ3) is 3.77. The Morgan fingerprint density at radius 3 is 2.80 bits per heavy atom. The Kier molecular flexibility index (Phi) is 5.13. The molecule has 4 nitrogen and oxygen atoms in total. The van der Waals surface area contributed by atoms with Crippen LogP contribution in [0.1, 0.15) is 36.6 Å². The topological polar surface area (TPSA) is 45.5 Å². The number of hydrogen-bond donors (Lipinski definition) is 1. The summed E-state index contributed by atoms with van der Waals surface area (Å²) in [6.07, 6.45) is 6.28. The maximum absolute atomic E-state index is 12.7. The van der Waals surface area contributed by atoms with Crippen molar-refractivity contribution in [2.24, 2.45) is 0 Å². The Bertz CT molecular complexity index is 685. The van der Waals surface area contributed by atoms with Crippen LogP contribution in [-0.2, 0) is 11.2 Å². The van der Waals surface area contributed by atoms with Gasteiger partial charge in [-0.2, -0.15) is 0 Å². The van der Waals surface area contributed by atoms with Crippen LogP contribution in [0.25, 0.3) is 0 Å². The molecule has 2 aliphatic heterocycles. The van der Waals surface area contributed by atoms with Gasteiger partial charge in [0.05, 0.1) is 17.6 Å². The lowest BCUT2D eigenvalue weighted by atomic mass is 10.1. The van der Waals surface area contributed by atoms with E-state index in [2.05, 4.69) is 22.3 Å². The number of furan rings is 1. The normalized spacial score (nSPS) is 21.7. The molecule has 1 aromatic heterocycles. The Morgan fingerprint density at radius 2 is 2.04 bits per heavy atom. The molecule has 0 bridgehead atoms. The zero-order chi connectivity index (χ0) is 17.1. The van der Waals surface area contributed by atoms with Gasteiger partial charge < -0.3 is 9.73 Å². The second kappa shape index (κ2) is 7.67. The molecule has 2 atom stereocenters. The molecule has 0 spiro atoms. The third-order valence-electron chi connectivity index (χ3n) is 5.11. The molecule has 1 aromatic carbocycles. The highest BCUT2D eigenvalue weighted by molar-refractivity contribution is 8.01. The van der Waals surface area contributed by atoms with Crippen LogP contribution >= 0.6 is 11.8 Å². The first-order valence-corrected chi connectivity index (χ1v) is 9.99. The Labute approximate surface area is 153 Å². The largest absolute Gasteiger partial charge is 0.468 e. The third-order valence-corrected chi connectivity index (χ3v) is 6.43. The molecular weight excluding hydrogens is 332 g/mol. The van der Waals surface area contributed by atoms with Crippen molar-refractivity contribution in [2.75, 3.05) is 19.6 Å². The lowest BCUT2D eigenvalue weighted by Gasteiger charge is -2.33. The van der Waals surface area contributed by atoms with Crippen LogP contribution in [-0.4, -0.2) is 35.7 Å². The minimum atomic E-state index is -0.0176. The van der Waals surface area contributed by atoms with E-state index in [0.717, 1.165) is 25.3 Å². The maximum Gasteiger partial charge on any atom is 0.233 e. The van der Waals surface area contributed by atoms with E-state index in [4.69, 9.17) is 4.42 Å². The van der Waals surface area contributed by atoms with Crippen molar-refractivity contribution in [3.05, 3.63) is 54.0 Å². The van der Waals surface area contributed by atoms with Gasteiger partial charge in [-0.25, -0.2) is 0 Å². The predicted molar refractivity (Wildman–Crippen MR) is 99.7 cm³/mol. The van der Waals surface area contributed by atoms with Crippen molar-refractivity contribution in [3.8, 4) is 0 Å². The van der Waals surface area contributed by atoms with Gasteiger partial charge in [-0.3, -0.25) is 9.69 Å². The number of piperidine rings is 1. The molecule has 1 fully saturated rings. The number of carbonyl (C=O) groups excluding carboxylic acids is 1. The summed E-state index contributed by atoms with van der Waals surface area (Å²) in [5.41, 5.74) is 1.28. The molecular formula is C20H24N2O2S. The molecule has 132 valence electrons. The van der Waals surface area contributed by atoms with Gasteiger partial charge in [0.25, 0.3) is 0 Å². The smallest absolute Gasteiger partial charge is 0.233 e. The van der Waals surface area contributed by atoms with Crippen molar-refractivity contribution >= 4 is 17.7 Å². The second-order valence-electron chi connectivity index (χ2n) is 6.79. The van der Waals surface area contributed by atoms with Gasteiger partial charge in [-0.1, -0.05) is 24.6 Å². The number of nitrogens with one attached hydrogen (secondary N) is 1. The first-order chi connectivity index (χ1) is 12.3. The zero-order valence-corrected chi connectivity index (χ0v) is 15.1. The van der Waals surface area contributed by atoms with E-state index in [1.807, 2.05) is 24.3 Å². The lowest BCUT2D eigenvalue weighted by molar-refractivity contribution is -0.120. The molecule has 1 saturated heterocycles. The summed E-state index contributed by atoms with van der Waals surface area (Å²) >= 11 is 1.68. The number of rotatable bonds is 5. The molecule has 4 rings (SSSR count). The number of benzene rings is 1. The van der Waals surface area contributed by atoms with Crippen LogP contribution < -0.4 is 5.32 Å². The number of hydrogen-bond acceptors (Lipinski definition) is 4. The highest BCUT2D eigenvalue weighted by Crippen LogP contribution is 2.36. The summed E-state index contributed by atoms with van der Waals surface area (Å²) in [7, 11) is 0. The monoisotopic (exact) mass is 356 g/mol. The molecule has 1 N–H and O–H groups in total. The summed E-state index contributed by atoms with van der Waals surface area (Å²) < 4.78 is 5.66. The van der Waals surface area contributed by atoms with Crippen molar-refractivity contribution in [3.63, 3.8) is 0 Å². The van der Waals surface area contributed by atoms with Crippen molar-refractivity contribution in [1.29, 1.82) is 0 Å². The predicted octanol–water partition coefficient (Wildman–Crippen LogP) is 3.64. The Morgan fingerprint density at radius 1 is 1.20 bits per heavy atom. The van der Waals surface area contributed by atoms with Crippen LogP contribution in [0.5, 0.6) is 0 Å². The molecule has 2 unspecified atom stereocenters. The average molecular weight is 356 g/mol. The minimum absolute atomic E-state index is 0.0176. The van der Waals surface area contributed by atoms with E-state index in [1.165, 1.54) is 29.7 Å². The van der Waals surface area contributed by atoms with Crippen LogP contribution in [0.15, 0.2) is 52.0 Å². The van der Waals surface area contributed by atoms with Gasteiger partial charge in [0.1, 0.15) is 5.76 Å². The van der Waals surface area contributed by atoms with Crippen molar-refractivity contribution in [2.45, 2.75) is 41.9 Å². The summed E-state index contributed by atoms with van der Waals surface area (Å²) in [5.74, 6) is 1.08. The highest BCUT2D eigenvalue weighted by Gasteiger charge is 2.30. The molecule has 1 amide bonds. The van der Waals surface area contributed by atoms with Crippen LogP contribution in [0.4, 0.5) is 0 Å². The van der Waals surface area contributed by atoms with Crippen molar-refractivity contribution in [1.82, 2.24) is 10.2 Å². The quantitative estimate of drug-likeness (QED) is 0.888. The SMILES string of the molecule is O=C(NCC(c1ccco1)N1CCCCC1)C1Cc2ccccc2S1. The first-order valence-electron chi connectivity index (χ1n) is 9.11. The second-order valence-corrected chi connectivity index (χ2v) is 8.04. The molecule has 25 heavy (non-hydrogen) atoms. The van der Waals surface area contributed by atoms with E-state index in [-0.39, 0.29) is 17.2 Å². The number of likely N-dealkylation sites (tertiary alicyclic amines) is 1. The summed E-state index contributed by atoms with van der Waals surface area (Å²) in [6, 6.07) is 12.4. The highest BCUT2D eigenvalue weighted by atomic mass is 32.2. The number of thioether (sulfide) groups is 1. The number of nitrogens with zero attached hydrogens (tertiary/aromatic N) is 1.